The molecular weight excluding hydrogens is 360 g/mol. The third kappa shape index (κ3) is 4.31. The van der Waals surface area contributed by atoms with Gasteiger partial charge in [-0.15, -0.1) is 0 Å². The molecule has 0 bridgehead atoms. The first-order valence-electron chi connectivity index (χ1n) is 8.30. The van der Waals surface area contributed by atoms with Crippen LogP contribution in [0.25, 0.3) is 0 Å². The number of nitro benzene ring substituents is 1. The second kappa shape index (κ2) is 7.58. The summed E-state index contributed by atoms with van der Waals surface area (Å²) in [6.07, 6.45) is 1.01. The summed E-state index contributed by atoms with van der Waals surface area (Å²) in [6, 6.07) is 3.66. The number of nitrogens with zero attached hydrogens (tertiary/aromatic N) is 3. The molecule has 1 aromatic carbocycles. The molecule has 1 amide bonds. The van der Waals surface area contributed by atoms with Gasteiger partial charge in [0.25, 0.3) is 5.69 Å². The molecule has 0 radical (unpaired) electrons. The molecule has 0 aliphatic carbocycles. The van der Waals surface area contributed by atoms with Crippen molar-refractivity contribution in [2.75, 3.05) is 37.3 Å². The van der Waals surface area contributed by atoms with Crippen LogP contribution in [0.2, 0.25) is 0 Å². The normalized spacial score (nSPS) is 17.7. The minimum Gasteiger partial charge on any atom is -0.362 e. The Morgan fingerprint density at radius 1 is 1.23 bits per heavy atom. The molecule has 2 rings (SSSR count). The Balaban J connectivity index is 2.19. The van der Waals surface area contributed by atoms with Crippen LogP contribution in [-0.2, 0) is 14.6 Å². The monoisotopic (exact) mass is 384 g/mol. The van der Waals surface area contributed by atoms with Crippen LogP contribution in [0.5, 0.6) is 0 Å². The number of nitro groups is 1. The van der Waals surface area contributed by atoms with Crippen molar-refractivity contribution in [3.05, 3.63) is 28.3 Å². The Labute approximate surface area is 152 Å². The van der Waals surface area contributed by atoms with Crippen molar-refractivity contribution in [3.63, 3.8) is 0 Å². The molecule has 2 N–H and O–H groups in total. The summed E-state index contributed by atoms with van der Waals surface area (Å²) >= 11 is 0. The molecule has 2 unspecified atom stereocenters. The van der Waals surface area contributed by atoms with E-state index in [-0.39, 0.29) is 28.4 Å². The van der Waals surface area contributed by atoms with Crippen LogP contribution >= 0.6 is 0 Å². The first kappa shape index (κ1) is 20.1. The predicted molar refractivity (Wildman–Crippen MR) is 97.8 cm³/mol. The Hall–Kier alpha value is -2.20. The Kier molecular flexibility index (Phi) is 5.87. The first-order chi connectivity index (χ1) is 12.0. The lowest BCUT2D eigenvalue weighted by Gasteiger charge is -2.37. The van der Waals surface area contributed by atoms with Gasteiger partial charge in [0.2, 0.25) is 5.91 Å². The van der Waals surface area contributed by atoms with Gasteiger partial charge in [-0.25, -0.2) is 8.42 Å². The fourth-order valence-corrected chi connectivity index (χ4v) is 3.47. The summed E-state index contributed by atoms with van der Waals surface area (Å²) in [5.74, 6) is -0.313. The molecule has 0 spiro atoms. The molecule has 1 aliphatic rings. The largest absolute Gasteiger partial charge is 0.362 e. The third-order valence-corrected chi connectivity index (χ3v) is 5.79. The summed E-state index contributed by atoms with van der Waals surface area (Å²) < 4.78 is 23.3. The number of benzene rings is 1. The highest BCUT2D eigenvalue weighted by atomic mass is 32.2. The molecule has 10 heteroatoms. The van der Waals surface area contributed by atoms with Gasteiger partial charge in [0.05, 0.1) is 15.7 Å². The van der Waals surface area contributed by atoms with Gasteiger partial charge < -0.3 is 15.5 Å². The number of hydrogen-bond acceptors (Lipinski definition) is 7. The average Bonchev–Trinajstić information content (AvgIpc) is 2.59. The quantitative estimate of drug-likeness (QED) is 0.582. The van der Waals surface area contributed by atoms with Crippen LogP contribution in [0.1, 0.15) is 13.8 Å². The summed E-state index contributed by atoms with van der Waals surface area (Å²) in [5.41, 5.74) is 5.89. The molecule has 1 heterocycles. The molecule has 1 aromatic rings. The van der Waals surface area contributed by atoms with Gasteiger partial charge in [-0.05, 0) is 19.1 Å². The van der Waals surface area contributed by atoms with E-state index in [1.807, 2.05) is 0 Å². The zero-order chi connectivity index (χ0) is 19.6. The van der Waals surface area contributed by atoms with E-state index < -0.39 is 14.8 Å². The minimum absolute atomic E-state index is 0.0263. The SMILES string of the molecule is CC(N)C(C)C(=O)N1CCN(c2ccc(S(C)(=O)=O)cc2[N+](=O)[O-])CC1. The van der Waals surface area contributed by atoms with E-state index >= 15 is 0 Å². The van der Waals surface area contributed by atoms with Crippen LogP contribution in [0.15, 0.2) is 23.1 Å². The Morgan fingerprint density at radius 2 is 1.81 bits per heavy atom. The maximum atomic E-state index is 12.4. The summed E-state index contributed by atoms with van der Waals surface area (Å²) in [6.45, 7) is 5.29. The third-order valence-electron chi connectivity index (χ3n) is 4.68. The second-order valence-electron chi connectivity index (χ2n) is 6.64. The molecule has 1 saturated heterocycles. The van der Waals surface area contributed by atoms with Crippen LogP contribution in [0, 0.1) is 16.0 Å². The topological polar surface area (TPSA) is 127 Å². The van der Waals surface area contributed by atoms with Gasteiger partial charge in [-0.2, -0.15) is 0 Å². The molecule has 1 fully saturated rings. The molecule has 26 heavy (non-hydrogen) atoms. The van der Waals surface area contributed by atoms with E-state index in [0.29, 0.717) is 31.9 Å². The van der Waals surface area contributed by atoms with E-state index in [1.165, 1.54) is 12.1 Å². The second-order valence-corrected chi connectivity index (χ2v) is 8.66. The zero-order valence-electron chi connectivity index (χ0n) is 15.1. The van der Waals surface area contributed by atoms with Gasteiger partial charge in [-0.1, -0.05) is 6.92 Å². The number of amides is 1. The number of anilines is 1. The fourth-order valence-electron chi connectivity index (χ4n) is 2.83. The number of sulfone groups is 1. The number of piperazine rings is 1. The number of carbonyl (C=O) groups excluding carboxylic acids is 1. The maximum absolute atomic E-state index is 12.4. The Morgan fingerprint density at radius 3 is 2.27 bits per heavy atom. The van der Waals surface area contributed by atoms with Gasteiger partial charge in [-0.3, -0.25) is 14.9 Å². The fraction of sp³-hybridized carbons (Fsp3) is 0.562. The average molecular weight is 384 g/mol. The smallest absolute Gasteiger partial charge is 0.293 e. The number of carbonyl (C=O) groups is 1. The van der Waals surface area contributed by atoms with Gasteiger partial charge >= 0.3 is 0 Å². The summed E-state index contributed by atoms with van der Waals surface area (Å²) in [5, 5.41) is 11.4. The summed E-state index contributed by atoms with van der Waals surface area (Å²) in [4.78, 5) is 26.6. The molecule has 0 saturated carbocycles. The predicted octanol–water partition coefficient (Wildman–Crippen LogP) is 0.630. The van der Waals surface area contributed by atoms with Gasteiger partial charge in [0, 0.05) is 44.5 Å². The van der Waals surface area contributed by atoms with Crippen molar-refractivity contribution < 1.29 is 18.1 Å². The van der Waals surface area contributed by atoms with Crippen molar-refractivity contribution >= 4 is 27.1 Å². The lowest BCUT2D eigenvalue weighted by Crippen LogP contribution is -2.52. The van der Waals surface area contributed by atoms with Crippen molar-refractivity contribution in [2.24, 2.45) is 11.7 Å². The number of nitrogens with two attached hydrogens (primary N) is 1. The lowest BCUT2D eigenvalue weighted by molar-refractivity contribution is -0.384. The number of hydrogen-bond donors (Lipinski definition) is 1. The van der Waals surface area contributed by atoms with Crippen LogP contribution in [-0.4, -0.2) is 62.6 Å². The van der Waals surface area contributed by atoms with Crippen molar-refractivity contribution in [3.8, 4) is 0 Å². The molecular formula is C16H24N4O5S. The lowest BCUT2D eigenvalue weighted by atomic mass is 10.0. The molecule has 9 nitrogen and oxygen atoms in total. The zero-order valence-corrected chi connectivity index (χ0v) is 15.9. The van der Waals surface area contributed by atoms with Crippen molar-refractivity contribution in [2.45, 2.75) is 24.8 Å². The van der Waals surface area contributed by atoms with Gasteiger partial charge in [0.15, 0.2) is 9.84 Å². The van der Waals surface area contributed by atoms with E-state index in [9.17, 15) is 23.3 Å². The molecule has 2 atom stereocenters. The van der Waals surface area contributed by atoms with Crippen LogP contribution < -0.4 is 10.6 Å². The first-order valence-corrected chi connectivity index (χ1v) is 10.2. The summed E-state index contributed by atoms with van der Waals surface area (Å²) in [7, 11) is -3.53. The van der Waals surface area contributed by atoms with E-state index in [2.05, 4.69) is 0 Å². The van der Waals surface area contributed by atoms with E-state index in [0.717, 1.165) is 12.3 Å². The molecule has 1 aliphatic heterocycles. The van der Waals surface area contributed by atoms with Crippen LogP contribution in [0.3, 0.4) is 0 Å². The van der Waals surface area contributed by atoms with Crippen molar-refractivity contribution in [1.29, 1.82) is 0 Å². The maximum Gasteiger partial charge on any atom is 0.293 e. The minimum atomic E-state index is -3.53. The highest BCUT2D eigenvalue weighted by Gasteiger charge is 2.29. The highest BCUT2D eigenvalue weighted by molar-refractivity contribution is 7.90. The van der Waals surface area contributed by atoms with Gasteiger partial charge in [0.1, 0.15) is 5.69 Å². The van der Waals surface area contributed by atoms with Crippen molar-refractivity contribution in [1.82, 2.24) is 4.90 Å². The van der Waals surface area contributed by atoms with Crippen LogP contribution in [0.4, 0.5) is 11.4 Å². The molecule has 0 aromatic heterocycles. The number of rotatable bonds is 5. The van der Waals surface area contributed by atoms with E-state index in [1.54, 1.807) is 23.6 Å². The highest BCUT2D eigenvalue weighted by Crippen LogP contribution is 2.31. The van der Waals surface area contributed by atoms with E-state index in [4.69, 9.17) is 5.73 Å². The molecule has 144 valence electrons. The Bertz CT molecular complexity index is 801. The standard InChI is InChI=1S/C16H24N4O5S/c1-11(12(2)17)16(21)19-8-6-18(7-9-19)14-5-4-13(26(3,24)25)10-15(14)20(22)23/h4-5,10-12H,6-9,17H2,1-3H3.